The number of phenols is 1. The summed E-state index contributed by atoms with van der Waals surface area (Å²) in [5.74, 6) is -1.50. The van der Waals surface area contributed by atoms with Gasteiger partial charge in [0.15, 0.2) is 0 Å². The van der Waals surface area contributed by atoms with Crippen molar-refractivity contribution in [1.82, 2.24) is 0 Å². The summed E-state index contributed by atoms with van der Waals surface area (Å²) in [5.41, 5.74) is -0.253. The number of benzene rings is 2. The van der Waals surface area contributed by atoms with Crippen molar-refractivity contribution in [2.24, 2.45) is 0 Å². The van der Waals surface area contributed by atoms with Crippen molar-refractivity contribution in [2.45, 2.75) is 6.18 Å². The molecule has 0 aliphatic rings. The van der Waals surface area contributed by atoms with Gasteiger partial charge in [0.05, 0.1) is 11.1 Å². The zero-order valence-corrected chi connectivity index (χ0v) is 9.98. The molecule has 0 aromatic heterocycles. The van der Waals surface area contributed by atoms with E-state index in [1.807, 2.05) is 0 Å². The molecule has 2 aromatic carbocycles. The molecule has 0 radical (unpaired) electrons. The van der Waals surface area contributed by atoms with Crippen LogP contribution in [0.5, 0.6) is 5.75 Å². The highest BCUT2D eigenvalue weighted by molar-refractivity contribution is 5.89. The van der Waals surface area contributed by atoms with Crippen LogP contribution in [-0.4, -0.2) is 16.2 Å². The summed E-state index contributed by atoms with van der Waals surface area (Å²) in [4.78, 5) is 10.7. The number of phenolic OH excluding ortho intramolecular Hbond substituents is 1. The number of alkyl halides is 3. The van der Waals surface area contributed by atoms with Gasteiger partial charge in [-0.05, 0) is 35.9 Å². The maximum Gasteiger partial charge on any atom is 0.416 e. The predicted octanol–water partition coefficient (Wildman–Crippen LogP) is 3.78. The van der Waals surface area contributed by atoms with Crippen LogP contribution >= 0.6 is 0 Å². The van der Waals surface area contributed by atoms with Crippen LogP contribution < -0.4 is 0 Å². The summed E-state index contributed by atoms with van der Waals surface area (Å²) in [5, 5.41) is 18.5. The van der Waals surface area contributed by atoms with E-state index in [-0.39, 0.29) is 16.9 Å². The van der Waals surface area contributed by atoms with E-state index in [9.17, 15) is 23.1 Å². The Morgan fingerprint density at radius 3 is 2.05 bits per heavy atom. The molecular formula is C14H9F3O3. The number of aromatic hydroxyl groups is 1. The third-order valence-electron chi connectivity index (χ3n) is 2.77. The first-order valence-electron chi connectivity index (χ1n) is 5.53. The van der Waals surface area contributed by atoms with Gasteiger partial charge in [-0.1, -0.05) is 12.1 Å². The number of hydrogen-bond donors (Lipinski definition) is 2. The van der Waals surface area contributed by atoms with Crippen molar-refractivity contribution < 1.29 is 28.2 Å². The smallest absolute Gasteiger partial charge is 0.416 e. The monoisotopic (exact) mass is 282 g/mol. The molecule has 0 heterocycles. The van der Waals surface area contributed by atoms with Crippen LogP contribution in [0.3, 0.4) is 0 Å². The lowest BCUT2D eigenvalue weighted by atomic mass is 10.0. The predicted molar refractivity (Wildman–Crippen MR) is 65.5 cm³/mol. The molecule has 2 aromatic rings. The molecule has 0 amide bonds. The largest absolute Gasteiger partial charge is 0.507 e. The number of carboxylic acids is 1. The Morgan fingerprint density at radius 2 is 1.60 bits per heavy atom. The molecular weight excluding hydrogens is 273 g/mol. The quantitative estimate of drug-likeness (QED) is 0.881. The van der Waals surface area contributed by atoms with Gasteiger partial charge in [-0.25, -0.2) is 4.79 Å². The number of rotatable bonds is 2. The molecule has 2 rings (SSSR count). The fourth-order valence-corrected chi connectivity index (χ4v) is 1.75. The van der Waals surface area contributed by atoms with Gasteiger partial charge < -0.3 is 10.2 Å². The summed E-state index contributed by atoms with van der Waals surface area (Å²) in [7, 11) is 0. The number of halogens is 3. The molecule has 0 atom stereocenters. The van der Waals surface area contributed by atoms with E-state index in [1.54, 1.807) is 0 Å². The lowest BCUT2D eigenvalue weighted by Crippen LogP contribution is -2.04. The molecule has 104 valence electrons. The molecule has 6 heteroatoms. The maximum atomic E-state index is 12.4. The van der Waals surface area contributed by atoms with Gasteiger partial charge in [0.25, 0.3) is 0 Å². The first-order valence-corrected chi connectivity index (χ1v) is 5.53. The van der Waals surface area contributed by atoms with Gasteiger partial charge >= 0.3 is 12.1 Å². The van der Waals surface area contributed by atoms with Gasteiger partial charge in [-0.3, -0.25) is 0 Å². The highest BCUT2D eigenvalue weighted by atomic mass is 19.4. The van der Waals surface area contributed by atoms with E-state index in [4.69, 9.17) is 5.11 Å². The molecule has 3 nitrogen and oxygen atoms in total. The molecule has 20 heavy (non-hydrogen) atoms. The standard InChI is InChI=1S/C14H9F3O3/c15-14(16,17)10-4-1-8(2-5-10)11-6-3-9(13(19)20)7-12(11)18/h1-7,18H,(H,19,20). The van der Waals surface area contributed by atoms with Crippen molar-refractivity contribution in [3.8, 4) is 16.9 Å². The second-order valence-corrected chi connectivity index (χ2v) is 4.11. The fraction of sp³-hybridized carbons (Fsp3) is 0.0714. The van der Waals surface area contributed by atoms with Crippen LogP contribution in [0.4, 0.5) is 13.2 Å². The Bertz CT molecular complexity index is 646. The lowest BCUT2D eigenvalue weighted by molar-refractivity contribution is -0.137. The van der Waals surface area contributed by atoms with Gasteiger partial charge in [-0.2, -0.15) is 13.2 Å². The SMILES string of the molecule is O=C(O)c1ccc(-c2ccc(C(F)(F)F)cc2)c(O)c1. The van der Waals surface area contributed by atoms with Crippen LogP contribution in [0.25, 0.3) is 11.1 Å². The van der Waals surface area contributed by atoms with E-state index in [2.05, 4.69) is 0 Å². The zero-order valence-electron chi connectivity index (χ0n) is 9.98. The summed E-state index contributed by atoms with van der Waals surface area (Å²) in [6, 6.07) is 7.92. The number of aromatic carboxylic acids is 1. The molecule has 0 spiro atoms. The Hall–Kier alpha value is -2.50. The van der Waals surface area contributed by atoms with Crippen LogP contribution in [0.2, 0.25) is 0 Å². The average molecular weight is 282 g/mol. The average Bonchev–Trinajstić information content (AvgIpc) is 2.37. The van der Waals surface area contributed by atoms with Crippen LogP contribution in [0.15, 0.2) is 42.5 Å². The van der Waals surface area contributed by atoms with Crippen molar-refractivity contribution in [1.29, 1.82) is 0 Å². The highest BCUT2D eigenvalue weighted by Gasteiger charge is 2.30. The first kappa shape index (κ1) is 13.9. The zero-order chi connectivity index (χ0) is 14.9. The normalized spacial score (nSPS) is 11.3. The Labute approximate surface area is 111 Å². The first-order chi connectivity index (χ1) is 9.29. The molecule has 0 saturated carbocycles. The summed E-state index contributed by atoms with van der Waals surface area (Å²) in [6.45, 7) is 0. The van der Waals surface area contributed by atoms with E-state index in [0.717, 1.165) is 18.2 Å². The summed E-state index contributed by atoms with van der Waals surface area (Å²) >= 11 is 0. The lowest BCUT2D eigenvalue weighted by Gasteiger charge is -2.09. The van der Waals surface area contributed by atoms with Crippen molar-refractivity contribution in [3.05, 3.63) is 53.6 Å². The molecule has 0 aliphatic heterocycles. The van der Waals surface area contributed by atoms with Crippen LogP contribution in [0.1, 0.15) is 15.9 Å². The minimum absolute atomic E-state index is 0.0989. The second-order valence-electron chi connectivity index (χ2n) is 4.11. The number of carboxylic acid groups (broad SMARTS) is 1. The van der Waals surface area contributed by atoms with Crippen molar-refractivity contribution in [3.63, 3.8) is 0 Å². The second kappa shape index (κ2) is 4.88. The molecule has 0 saturated heterocycles. The van der Waals surface area contributed by atoms with Crippen molar-refractivity contribution in [2.75, 3.05) is 0 Å². The van der Waals surface area contributed by atoms with Crippen molar-refractivity contribution >= 4 is 5.97 Å². The van der Waals surface area contributed by atoms with Crippen LogP contribution in [-0.2, 0) is 6.18 Å². The Balaban J connectivity index is 2.40. The van der Waals surface area contributed by atoms with E-state index >= 15 is 0 Å². The number of hydrogen-bond acceptors (Lipinski definition) is 2. The third kappa shape index (κ3) is 2.74. The molecule has 0 aliphatic carbocycles. The van der Waals surface area contributed by atoms with Gasteiger partial charge in [0.2, 0.25) is 0 Å². The van der Waals surface area contributed by atoms with Gasteiger partial charge in [0, 0.05) is 5.56 Å². The van der Waals surface area contributed by atoms with E-state index in [1.165, 1.54) is 24.3 Å². The third-order valence-corrected chi connectivity index (χ3v) is 2.77. The minimum atomic E-state index is -4.42. The topological polar surface area (TPSA) is 57.5 Å². The Morgan fingerprint density at radius 1 is 1.00 bits per heavy atom. The fourth-order valence-electron chi connectivity index (χ4n) is 1.75. The Kier molecular flexibility index (Phi) is 3.40. The maximum absolute atomic E-state index is 12.4. The minimum Gasteiger partial charge on any atom is -0.507 e. The molecule has 0 bridgehead atoms. The molecule has 2 N–H and O–H groups in total. The summed E-state index contributed by atoms with van der Waals surface area (Å²) in [6.07, 6.45) is -4.42. The summed E-state index contributed by atoms with van der Waals surface area (Å²) < 4.78 is 37.3. The van der Waals surface area contributed by atoms with E-state index in [0.29, 0.717) is 5.56 Å². The van der Waals surface area contributed by atoms with Crippen LogP contribution in [0, 0.1) is 0 Å². The highest BCUT2D eigenvalue weighted by Crippen LogP contribution is 2.33. The van der Waals surface area contributed by atoms with Gasteiger partial charge in [0.1, 0.15) is 5.75 Å². The molecule has 0 fully saturated rings. The molecule has 0 unspecified atom stereocenters. The van der Waals surface area contributed by atoms with Gasteiger partial charge in [-0.15, -0.1) is 0 Å². The number of carbonyl (C=O) groups is 1. The van der Waals surface area contributed by atoms with E-state index < -0.39 is 17.7 Å².